The average Bonchev–Trinajstić information content (AvgIpc) is 2.68. The van der Waals surface area contributed by atoms with Gasteiger partial charge in [-0.1, -0.05) is 45.2 Å². The lowest BCUT2D eigenvalue weighted by atomic mass is 10.2. The Morgan fingerprint density at radius 2 is 1.69 bits per heavy atom. The second-order valence-corrected chi connectivity index (χ2v) is 7.81. The fraction of sp³-hybridized carbons (Fsp3) is 0.278. The van der Waals surface area contributed by atoms with Crippen molar-refractivity contribution in [3.05, 3.63) is 56.0 Å². The fourth-order valence-electron chi connectivity index (χ4n) is 2.21. The molecule has 0 fully saturated rings. The zero-order valence-corrected chi connectivity index (χ0v) is 18.8. The van der Waals surface area contributed by atoms with E-state index in [1.165, 1.54) is 31.4 Å². The summed E-state index contributed by atoms with van der Waals surface area (Å²) in [4.78, 5) is 0. The highest BCUT2D eigenvalue weighted by Crippen LogP contribution is 2.45. The molecule has 176 valence electrons. The maximum Gasteiger partial charge on any atom is 0.462 e. The molecule has 0 aromatic heterocycles. The van der Waals surface area contributed by atoms with Gasteiger partial charge in [-0.25, -0.2) is 5.43 Å². The summed E-state index contributed by atoms with van der Waals surface area (Å²) >= 11 is 14.9. The van der Waals surface area contributed by atoms with Crippen molar-refractivity contribution in [2.45, 2.75) is 24.8 Å². The predicted molar refractivity (Wildman–Crippen MR) is 108 cm³/mol. The molecule has 2 rings (SSSR count). The van der Waals surface area contributed by atoms with E-state index in [0.29, 0.717) is 26.7 Å². The van der Waals surface area contributed by atoms with Gasteiger partial charge >= 0.3 is 18.1 Å². The van der Waals surface area contributed by atoms with E-state index in [-0.39, 0.29) is 28.7 Å². The molecular formula is C18H12BrCl2F7N2O2. The lowest BCUT2D eigenvalue weighted by molar-refractivity contribution is -0.361. The molecular weight excluding hydrogens is 560 g/mol. The van der Waals surface area contributed by atoms with Crippen LogP contribution in [-0.4, -0.2) is 31.5 Å². The maximum atomic E-state index is 13.4. The molecule has 1 N–H and O–H groups in total. The van der Waals surface area contributed by atoms with Crippen molar-refractivity contribution in [3.63, 3.8) is 0 Å². The molecule has 0 heterocycles. The third-order valence-corrected chi connectivity index (χ3v) is 4.99. The van der Waals surface area contributed by atoms with E-state index in [1.807, 2.05) is 0 Å². The van der Waals surface area contributed by atoms with Gasteiger partial charge in [0, 0.05) is 10.0 Å². The molecule has 2 aromatic carbocycles. The topological polar surface area (TPSA) is 42.8 Å². The Hall–Kier alpha value is -1.92. The number of alkyl halides is 7. The van der Waals surface area contributed by atoms with E-state index in [2.05, 4.69) is 21.0 Å². The molecule has 0 spiro atoms. The number of halogens is 10. The van der Waals surface area contributed by atoms with Crippen molar-refractivity contribution in [1.82, 2.24) is 5.43 Å². The van der Waals surface area contributed by atoms with Crippen LogP contribution in [0.1, 0.15) is 11.1 Å². The van der Waals surface area contributed by atoms with Crippen LogP contribution < -0.4 is 14.9 Å². The van der Waals surface area contributed by atoms with Gasteiger partial charge in [0.15, 0.2) is 11.5 Å². The van der Waals surface area contributed by atoms with Crippen molar-refractivity contribution in [2.75, 3.05) is 7.11 Å². The van der Waals surface area contributed by atoms with E-state index in [0.717, 1.165) is 0 Å². The monoisotopic (exact) mass is 570 g/mol. The molecule has 0 bridgehead atoms. The minimum atomic E-state index is -6.49. The molecule has 14 heteroatoms. The minimum Gasteiger partial charge on any atom is -0.493 e. The van der Waals surface area contributed by atoms with Crippen molar-refractivity contribution < 1.29 is 40.2 Å². The Bertz CT molecular complexity index is 1000. The SMILES string of the molecule is COc1cc(Br)cc(/C=N\NC(F)(F)C(F)(F)C(F)(F)F)c1OCc1ccc(Cl)c(Cl)c1. The van der Waals surface area contributed by atoms with E-state index >= 15 is 0 Å². The van der Waals surface area contributed by atoms with Crippen molar-refractivity contribution in [3.8, 4) is 11.5 Å². The van der Waals surface area contributed by atoms with Crippen molar-refractivity contribution in [2.24, 2.45) is 5.10 Å². The van der Waals surface area contributed by atoms with Gasteiger partial charge in [-0.15, -0.1) is 0 Å². The molecule has 0 atom stereocenters. The van der Waals surface area contributed by atoms with Crippen LogP contribution in [0.5, 0.6) is 11.5 Å². The van der Waals surface area contributed by atoms with Gasteiger partial charge in [-0.05, 0) is 29.8 Å². The molecule has 32 heavy (non-hydrogen) atoms. The summed E-state index contributed by atoms with van der Waals surface area (Å²) in [6.07, 6.45) is -5.91. The van der Waals surface area contributed by atoms with E-state index in [1.54, 1.807) is 6.07 Å². The zero-order chi connectivity index (χ0) is 24.3. The van der Waals surface area contributed by atoms with Crippen LogP contribution in [0.2, 0.25) is 10.0 Å². The highest BCUT2D eigenvalue weighted by atomic mass is 79.9. The highest BCUT2D eigenvalue weighted by molar-refractivity contribution is 9.10. The molecule has 0 amide bonds. The number of rotatable bonds is 8. The van der Waals surface area contributed by atoms with Gasteiger partial charge in [0.2, 0.25) is 0 Å². The number of ether oxygens (including phenoxy) is 2. The number of benzene rings is 2. The Morgan fingerprint density at radius 3 is 2.25 bits per heavy atom. The molecule has 0 saturated heterocycles. The Balaban J connectivity index is 2.31. The van der Waals surface area contributed by atoms with E-state index in [4.69, 9.17) is 32.7 Å². The van der Waals surface area contributed by atoms with Crippen LogP contribution in [0.3, 0.4) is 0 Å². The number of hydrazone groups is 1. The molecule has 0 radical (unpaired) electrons. The Kier molecular flexibility index (Phi) is 8.16. The second-order valence-electron chi connectivity index (χ2n) is 6.08. The van der Waals surface area contributed by atoms with Crippen LogP contribution >= 0.6 is 39.1 Å². The first-order valence-corrected chi connectivity index (χ1v) is 9.81. The van der Waals surface area contributed by atoms with E-state index < -0.39 is 18.1 Å². The smallest absolute Gasteiger partial charge is 0.462 e. The van der Waals surface area contributed by atoms with Gasteiger partial charge in [-0.3, -0.25) is 0 Å². The largest absolute Gasteiger partial charge is 0.493 e. The number of nitrogens with zero attached hydrogens (tertiary/aromatic N) is 1. The summed E-state index contributed by atoms with van der Waals surface area (Å²) in [7, 11) is 1.27. The first kappa shape index (κ1) is 26.3. The molecule has 0 aliphatic carbocycles. The van der Waals surface area contributed by atoms with Crippen LogP contribution in [0.15, 0.2) is 39.9 Å². The standard InChI is InChI=1S/C18H12BrCl2F7N2O2/c1-31-14-6-11(19)5-10(7-29-30-18(27,28)16(22,23)17(24,25)26)15(14)32-8-9-2-3-12(20)13(21)4-9/h2-7,30H,8H2,1H3/b29-7-. The summed E-state index contributed by atoms with van der Waals surface area (Å²) in [6.45, 7) is -0.106. The molecule has 0 aliphatic heterocycles. The van der Waals surface area contributed by atoms with Crippen LogP contribution in [0.4, 0.5) is 30.7 Å². The normalized spacial score (nSPS) is 12.8. The second kappa shape index (κ2) is 9.92. The zero-order valence-electron chi connectivity index (χ0n) is 15.7. The van der Waals surface area contributed by atoms with E-state index in [9.17, 15) is 30.7 Å². The fourth-order valence-corrected chi connectivity index (χ4v) is 2.98. The molecule has 0 saturated carbocycles. The van der Waals surface area contributed by atoms with Crippen LogP contribution in [0.25, 0.3) is 0 Å². The van der Waals surface area contributed by atoms with Crippen LogP contribution in [0, 0.1) is 0 Å². The van der Waals surface area contributed by atoms with Gasteiger partial charge in [0.1, 0.15) is 6.61 Å². The molecule has 4 nitrogen and oxygen atoms in total. The first-order chi connectivity index (χ1) is 14.7. The molecule has 2 aromatic rings. The summed E-state index contributed by atoms with van der Waals surface area (Å²) in [5, 5.41) is 3.39. The third kappa shape index (κ3) is 5.90. The minimum absolute atomic E-state index is 0.0572. The third-order valence-electron chi connectivity index (χ3n) is 3.79. The molecule has 0 aliphatic rings. The summed E-state index contributed by atoms with van der Waals surface area (Å²) in [6, 6.07) is 1.63. The summed E-state index contributed by atoms with van der Waals surface area (Å²) in [5.41, 5.74) is 1.03. The molecule has 0 unspecified atom stereocenters. The highest BCUT2D eigenvalue weighted by Gasteiger charge is 2.73. The van der Waals surface area contributed by atoms with Gasteiger partial charge in [-0.2, -0.15) is 35.8 Å². The lowest BCUT2D eigenvalue weighted by Gasteiger charge is -2.27. The number of nitrogens with one attached hydrogen (secondary N) is 1. The predicted octanol–water partition coefficient (Wildman–Crippen LogP) is 7.06. The quantitative estimate of drug-likeness (QED) is 0.160. The van der Waals surface area contributed by atoms with Gasteiger partial charge in [0.25, 0.3) is 0 Å². The average molecular weight is 572 g/mol. The van der Waals surface area contributed by atoms with Gasteiger partial charge < -0.3 is 9.47 Å². The van der Waals surface area contributed by atoms with Gasteiger partial charge in [0.05, 0.1) is 23.4 Å². The number of hydrogen-bond donors (Lipinski definition) is 1. The lowest BCUT2D eigenvalue weighted by Crippen LogP contribution is -2.58. The first-order valence-electron chi connectivity index (χ1n) is 8.26. The number of hydrogen-bond acceptors (Lipinski definition) is 4. The van der Waals surface area contributed by atoms with Crippen LogP contribution in [-0.2, 0) is 6.61 Å². The Labute approximate surface area is 195 Å². The summed E-state index contributed by atoms with van der Waals surface area (Å²) < 4.78 is 101. The maximum absolute atomic E-state index is 13.4. The Morgan fingerprint density at radius 1 is 1.03 bits per heavy atom. The number of methoxy groups -OCH3 is 1. The van der Waals surface area contributed by atoms with Crippen molar-refractivity contribution in [1.29, 1.82) is 0 Å². The summed E-state index contributed by atoms with van der Waals surface area (Å²) in [5.74, 6) is -6.33. The van der Waals surface area contributed by atoms with Crippen molar-refractivity contribution >= 4 is 45.3 Å².